The van der Waals surface area contributed by atoms with E-state index in [1.807, 2.05) is 0 Å². The van der Waals surface area contributed by atoms with E-state index in [9.17, 15) is 0 Å². The van der Waals surface area contributed by atoms with Crippen molar-refractivity contribution in [3.63, 3.8) is 0 Å². The van der Waals surface area contributed by atoms with Gasteiger partial charge in [-0.25, -0.2) is 0 Å². The van der Waals surface area contributed by atoms with E-state index >= 15 is 0 Å². The molecule has 0 radical (unpaired) electrons. The third kappa shape index (κ3) is 2.90. The summed E-state index contributed by atoms with van der Waals surface area (Å²) in [5, 5.41) is 7.07. The fourth-order valence-corrected chi connectivity index (χ4v) is 5.83. The van der Waals surface area contributed by atoms with Crippen molar-refractivity contribution in [1.29, 1.82) is 0 Å². The first-order valence-electron chi connectivity index (χ1n) is 10.6. The first-order chi connectivity index (χ1) is 12.9. The van der Waals surface area contributed by atoms with Gasteiger partial charge in [0.05, 0.1) is 0 Å². The van der Waals surface area contributed by atoms with E-state index in [4.69, 9.17) is 0 Å². The van der Waals surface area contributed by atoms with Gasteiger partial charge in [0.2, 0.25) is 0 Å². The minimum Gasteiger partial charge on any atom is -0.385 e. The van der Waals surface area contributed by atoms with Crippen LogP contribution >= 0.6 is 0 Å². The molecule has 2 heterocycles. The van der Waals surface area contributed by atoms with Crippen molar-refractivity contribution in [3.8, 4) is 0 Å². The summed E-state index contributed by atoms with van der Waals surface area (Å²) in [5.41, 5.74) is 5.89. The van der Waals surface area contributed by atoms with E-state index in [-0.39, 0.29) is 0 Å². The maximum Gasteiger partial charge on any atom is 0.0375 e. The maximum atomic E-state index is 3.53. The molecule has 6 rings (SSSR count). The normalized spacial score (nSPS) is 30.5. The Labute approximate surface area is 157 Å². The second-order valence-electron chi connectivity index (χ2n) is 8.53. The van der Waals surface area contributed by atoms with Crippen LogP contribution in [0.4, 0.5) is 11.4 Å². The third-order valence-corrected chi connectivity index (χ3v) is 7.15. The zero-order valence-electron chi connectivity index (χ0n) is 15.6. The number of nitrogens with one attached hydrogen (secondary N) is 2. The highest BCUT2D eigenvalue weighted by Crippen LogP contribution is 2.46. The van der Waals surface area contributed by atoms with Crippen LogP contribution in [0, 0.1) is 11.8 Å². The molecule has 0 amide bonds. The minimum absolute atomic E-state index is 0.859. The second-order valence-corrected chi connectivity index (χ2v) is 8.53. The largest absolute Gasteiger partial charge is 0.385 e. The molecular formula is C24H30N2. The van der Waals surface area contributed by atoms with Crippen LogP contribution in [0.1, 0.15) is 61.5 Å². The molecule has 2 aromatic rings. The number of hydrogen-bond donors (Lipinski definition) is 2. The van der Waals surface area contributed by atoms with Crippen LogP contribution in [0.15, 0.2) is 48.5 Å². The van der Waals surface area contributed by atoms with E-state index < -0.39 is 0 Å². The highest BCUT2D eigenvalue weighted by molar-refractivity contribution is 5.56. The molecule has 136 valence electrons. The molecule has 2 heteroatoms. The van der Waals surface area contributed by atoms with Crippen LogP contribution in [0.25, 0.3) is 0 Å². The van der Waals surface area contributed by atoms with Crippen molar-refractivity contribution in [2.45, 2.75) is 50.4 Å². The molecule has 4 aliphatic rings. The van der Waals surface area contributed by atoms with Crippen molar-refractivity contribution < 1.29 is 0 Å². The Morgan fingerprint density at radius 2 is 1.04 bits per heavy atom. The Hall–Kier alpha value is -1.96. The highest BCUT2D eigenvalue weighted by atomic mass is 14.9. The van der Waals surface area contributed by atoms with Crippen LogP contribution in [0.3, 0.4) is 0 Å². The lowest BCUT2D eigenvalue weighted by atomic mass is 9.85. The predicted octanol–water partition coefficient (Wildman–Crippen LogP) is 5.99. The summed E-state index contributed by atoms with van der Waals surface area (Å²) < 4.78 is 0. The fourth-order valence-electron chi connectivity index (χ4n) is 5.83. The van der Waals surface area contributed by atoms with Gasteiger partial charge < -0.3 is 10.6 Å². The maximum absolute atomic E-state index is 3.53. The van der Waals surface area contributed by atoms with Crippen LogP contribution in [-0.4, -0.2) is 13.1 Å². The van der Waals surface area contributed by atoms with Gasteiger partial charge in [-0.2, -0.15) is 0 Å². The molecule has 0 aromatic heterocycles. The molecule has 2 aliphatic carbocycles. The van der Waals surface area contributed by atoms with Gasteiger partial charge in [0, 0.05) is 24.5 Å². The monoisotopic (exact) mass is 346 g/mol. The molecule has 2 saturated carbocycles. The fraction of sp³-hybridized carbons (Fsp3) is 0.500. The molecule has 0 spiro atoms. The van der Waals surface area contributed by atoms with Crippen molar-refractivity contribution in [2.24, 2.45) is 11.8 Å². The summed E-state index contributed by atoms with van der Waals surface area (Å²) in [7, 11) is 0. The topological polar surface area (TPSA) is 24.1 Å². The number of rotatable bonds is 0. The summed E-state index contributed by atoms with van der Waals surface area (Å²) in [6, 6.07) is 17.6. The van der Waals surface area contributed by atoms with E-state index in [0.717, 1.165) is 23.7 Å². The molecule has 2 N–H and O–H groups in total. The first kappa shape index (κ1) is 16.2. The van der Waals surface area contributed by atoms with Crippen LogP contribution in [0.5, 0.6) is 0 Å². The Kier molecular flexibility index (Phi) is 4.36. The lowest BCUT2D eigenvalue weighted by Gasteiger charge is -2.29. The molecule has 4 atom stereocenters. The van der Waals surface area contributed by atoms with Gasteiger partial charge in [-0.15, -0.1) is 0 Å². The van der Waals surface area contributed by atoms with Gasteiger partial charge in [0.15, 0.2) is 0 Å². The van der Waals surface area contributed by atoms with E-state index in [1.54, 1.807) is 11.1 Å². The molecule has 26 heavy (non-hydrogen) atoms. The lowest BCUT2D eigenvalue weighted by Crippen LogP contribution is -2.23. The Morgan fingerprint density at radius 1 is 0.577 bits per heavy atom. The Balaban J connectivity index is 0.000000115. The minimum atomic E-state index is 0.859. The number of benzene rings is 2. The quantitative estimate of drug-likeness (QED) is 0.612. The molecule has 0 bridgehead atoms. The van der Waals surface area contributed by atoms with Crippen molar-refractivity contribution in [3.05, 3.63) is 59.7 Å². The first-order valence-corrected chi connectivity index (χ1v) is 10.6. The van der Waals surface area contributed by atoms with Gasteiger partial charge in [0.25, 0.3) is 0 Å². The van der Waals surface area contributed by atoms with Gasteiger partial charge in [-0.05, 0) is 72.6 Å². The van der Waals surface area contributed by atoms with Gasteiger partial charge in [0.1, 0.15) is 0 Å². The molecule has 2 fully saturated rings. The Morgan fingerprint density at radius 3 is 1.54 bits per heavy atom. The van der Waals surface area contributed by atoms with Gasteiger partial charge in [-0.1, -0.05) is 49.2 Å². The zero-order valence-corrected chi connectivity index (χ0v) is 15.6. The average molecular weight is 347 g/mol. The number of para-hydroxylation sites is 2. The van der Waals surface area contributed by atoms with Crippen LogP contribution in [-0.2, 0) is 0 Å². The SMILES string of the molecule is c1ccc2c(c1)NC[C@@H]1CCC[C@H]21.c1ccc2c(c1)NC[C@@H]1CCC[C@H]21. The summed E-state index contributed by atoms with van der Waals surface area (Å²) >= 11 is 0. The van der Waals surface area contributed by atoms with Gasteiger partial charge >= 0.3 is 0 Å². The van der Waals surface area contributed by atoms with E-state index in [0.29, 0.717) is 0 Å². The molecular weight excluding hydrogens is 316 g/mol. The number of fused-ring (bicyclic) bond motifs is 6. The standard InChI is InChI=1S/2C12H15N/c2*1-2-7-12-11(5-1)10-6-3-4-9(10)8-13-12/h2*1-2,5,7,9-10,13H,3-4,6,8H2/t2*9-,10-/m00/s1. The third-order valence-electron chi connectivity index (χ3n) is 7.15. The van der Waals surface area contributed by atoms with Gasteiger partial charge in [-0.3, -0.25) is 0 Å². The van der Waals surface area contributed by atoms with E-state index in [2.05, 4.69) is 59.2 Å². The molecule has 2 nitrogen and oxygen atoms in total. The van der Waals surface area contributed by atoms with Crippen molar-refractivity contribution >= 4 is 11.4 Å². The van der Waals surface area contributed by atoms with E-state index in [1.165, 1.54) is 63.0 Å². The lowest BCUT2D eigenvalue weighted by molar-refractivity contribution is 0.495. The summed E-state index contributed by atoms with van der Waals surface area (Å²) in [5.74, 6) is 3.54. The summed E-state index contributed by atoms with van der Waals surface area (Å²) in [6.45, 7) is 2.39. The molecule has 2 aliphatic heterocycles. The van der Waals surface area contributed by atoms with Crippen LogP contribution in [0.2, 0.25) is 0 Å². The molecule has 0 unspecified atom stereocenters. The smallest absolute Gasteiger partial charge is 0.0375 e. The molecule has 0 saturated heterocycles. The number of hydrogen-bond acceptors (Lipinski definition) is 2. The van der Waals surface area contributed by atoms with Crippen molar-refractivity contribution in [1.82, 2.24) is 0 Å². The summed E-state index contributed by atoms with van der Waals surface area (Å²) in [4.78, 5) is 0. The van der Waals surface area contributed by atoms with Crippen molar-refractivity contribution in [2.75, 3.05) is 23.7 Å². The molecule has 2 aromatic carbocycles. The highest BCUT2D eigenvalue weighted by Gasteiger charge is 2.33. The summed E-state index contributed by atoms with van der Waals surface area (Å²) in [6.07, 6.45) is 8.50. The number of anilines is 2. The Bertz CT molecular complexity index is 703. The predicted molar refractivity (Wildman–Crippen MR) is 110 cm³/mol. The average Bonchev–Trinajstić information content (AvgIpc) is 3.38. The zero-order chi connectivity index (χ0) is 17.3. The van der Waals surface area contributed by atoms with Crippen LogP contribution < -0.4 is 10.6 Å². The second kappa shape index (κ2) is 6.98.